The van der Waals surface area contributed by atoms with E-state index in [2.05, 4.69) is 4.98 Å². The second-order valence-electron chi connectivity index (χ2n) is 3.27. The molecule has 0 N–H and O–H groups in total. The Hall–Kier alpha value is -1.06. The zero-order valence-electron chi connectivity index (χ0n) is 8.00. The van der Waals surface area contributed by atoms with Crippen LogP contribution in [0.25, 0.3) is 5.52 Å². The molecule has 0 bridgehead atoms. The third-order valence-corrected chi connectivity index (χ3v) is 2.62. The molecule has 0 aliphatic carbocycles. The number of Topliss-reactive ketones (excluding diaryl/α,β-unsaturated/α-hetero) is 1. The molecule has 0 aliphatic rings. The molecule has 3 nitrogen and oxygen atoms in total. The molecule has 0 saturated carbocycles. The molecule has 0 aromatic carbocycles. The van der Waals surface area contributed by atoms with E-state index < -0.39 is 0 Å². The Labute approximate surface area is 96.6 Å². The molecule has 0 spiro atoms. The maximum absolute atomic E-state index is 11.0. The third kappa shape index (κ3) is 1.85. The number of nitrogens with zero attached hydrogens (tertiary/aromatic N) is 2. The van der Waals surface area contributed by atoms with E-state index in [0.29, 0.717) is 16.1 Å². The van der Waals surface area contributed by atoms with Gasteiger partial charge in [-0.25, -0.2) is 4.98 Å². The van der Waals surface area contributed by atoms with Gasteiger partial charge in [0.1, 0.15) is 16.8 Å². The Balaban J connectivity index is 2.70. The number of rotatable bonds is 2. The van der Waals surface area contributed by atoms with Crippen molar-refractivity contribution in [2.24, 2.45) is 0 Å². The Kier molecular flexibility index (Phi) is 2.67. The maximum atomic E-state index is 11.0. The normalized spacial score (nSPS) is 10.9. The van der Waals surface area contributed by atoms with Crippen LogP contribution in [0.4, 0.5) is 0 Å². The minimum atomic E-state index is 0.0264. The van der Waals surface area contributed by atoms with Crippen LogP contribution in [-0.4, -0.2) is 15.2 Å². The summed E-state index contributed by atoms with van der Waals surface area (Å²) in [5.74, 6) is 0.603. The van der Waals surface area contributed by atoms with Crippen LogP contribution in [0.5, 0.6) is 0 Å². The summed E-state index contributed by atoms with van der Waals surface area (Å²) in [6, 6.07) is 5.34. The summed E-state index contributed by atoms with van der Waals surface area (Å²) in [5, 5.41) is 0.872. The number of pyridine rings is 1. The number of carbonyl (C=O) groups excluding carboxylic acids is 1. The van der Waals surface area contributed by atoms with Crippen molar-refractivity contribution >= 4 is 34.5 Å². The number of halogens is 2. The molecule has 2 heterocycles. The van der Waals surface area contributed by atoms with Gasteiger partial charge in [-0.2, -0.15) is 0 Å². The first-order chi connectivity index (χ1) is 7.09. The summed E-state index contributed by atoms with van der Waals surface area (Å²) in [7, 11) is 0. The lowest BCUT2D eigenvalue weighted by Gasteiger charge is -2.00. The molecule has 0 unspecified atom stereocenters. The van der Waals surface area contributed by atoms with Crippen molar-refractivity contribution in [3.8, 4) is 0 Å². The molecular weight excluding hydrogens is 235 g/mol. The molecule has 78 valence electrons. The molecular formula is C10H8Cl2N2O. The van der Waals surface area contributed by atoms with Gasteiger partial charge < -0.3 is 0 Å². The third-order valence-electron chi connectivity index (χ3n) is 2.05. The van der Waals surface area contributed by atoms with Gasteiger partial charge in [0.25, 0.3) is 0 Å². The second kappa shape index (κ2) is 3.83. The largest absolute Gasteiger partial charge is 0.300 e. The van der Waals surface area contributed by atoms with Crippen LogP contribution in [-0.2, 0) is 11.2 Å². The van der Waals surface area contributed by atoms with Crippen LogP contribution in [0, 0.1) is 0 Å². The Morgan fingerprint density at radius 1 is 1.47 bits per heavy atom. The van der Waals surface area contributed by atoms with Crippen molar-refractivity contribution in [1.29, 1.82) is 0 Å². The summed E-state index contributed by atoms with van der Waals surface area (Å²) in [5.41, 5.74) is 0.723. The van der Waals surface area contributed by atoms with Crippen LogP contribution >= 0.6 is 23.2 Å². The SMILES string of the molecule is CC(=O)Cc1nc(Cl)c2cccc(Cl)n12. The van der Waals surface area contributed by atoms with E-state index in [1.807, 2.05) is 6.07 Å². The predicted octanol–water partition coefficient (Wildman–Crippen LogP) is 2.77. The topological polar surface area (TPSA) is 34.4 Å². The minimum absolute atomic E-state index is 0.0264. The molecule has 0 aliphatic heterocycles. The van der Waals surface area contributed by atoms with Gasteiger partial charge in [-0.05, 0) is 19.1 Å². The average Bonchev–Trinajstić information content (AvgIpc) is 2.44. The zero-order chi connectivity index (χ0) is 11.0. The fraction of sp³-hybridized carbons (Fsp3) is 0.200. The zero-order valence-corrected chi connectivity index (χ0v) is 9.51. The summed E-state index contributed by atoms with van der Waals surface area (Å²) in [4.78, 5) is 15.2. The molecule has 0 amide bonds. The van der Waals surface area contributed by atoms with Crippen molar-refractivity contribution in [3.05, 3.63) is 34.3 Å². The van der Waals surface area contributed by atoms with Crippen LogP contribution in [0.2, 0.25) is 10.3 Å². The lowest BCUT2D eigenvalue weighted by molar-refractivity contribution is -0.116. The summed E-state index contributed by atoms with van der Waals surface area (Å²) in [6.07, 6.45) is 0.234. The highest BCUT2D eigenvalue weighted by Crippen LogP contribution is 2.22. The summed E-state index contributed by atoms with van der Waals surface area (Å²) in [6.45, 7) is 1.51. The average molecular weight is 243 g/mol. The van der Waals surface area contributed by atoms with Crippen molar-refractivity contribution in [3.63, 3.8) is 0 Å². The van der Waals surface area contributed by atoms with Crippen LogP contribution in [0.3, 0.4) is 0 Å². The lowest BCUT2D eigenvalue weighted by Crippen LogP contribution is -2.02. The van der Waals surface area contributed by atoms with E-state index in [-0.39, 0.29) is 12.2 Å². The van der Waals surface area contributed by atoms with E-state index in [0.717, 1.165) is 5.52 Å². The maximum Gasteiger partial charge on any atom is 0.155 e. The minimum Gasteiger partial charge on any atom is -0.300 e. The quantitative estimate of drug-likeness (QED) is 0.760. The van der Waals surface area contributed by atoms with E-state index >= 15 is 0 Å². The first kappa shape index (κ1) is 10.5. The highest BCUT2D eigenvalue weighted by atomic mass is 35.5. The molecule has 0 radical (unpaired) electrons. The molecule has 15 heavy (non-hydrogen) atoms. The molecule has 2 rings (SSSR count). The Morgan fingerprint density at radius 3 is 2.87 bits per heavy atom. The van der Waals surface area contributed by atoms with E-state index in [1.54, 1.807) is 16.5 Å². The van der Waals surface area contributed by atoms with Gasteiger partial charge in [-0.1, -0.05) is 29.3 Å². The number of hydrogen-bond acceptors (Lipinski definition) is 2. The molecule has 0 atom stereocenters. The van der Waals surface area contributed by atoms with Crippen molar-refractivity contribution in [2.45, 2.75) is 13.3 Å². The van der Waals surface area contributed by atoms with Crippen molar-refractivity contribution in [2.75, 3.05) is 0 Å². The number of aromatic nitrogens is 2. The number of carbonyl (C=O) groups is 1. The number of imidazole rings is 1. The Bertz CT molecular complexity index is 533. The Morgan fingerprint density at radius 2 is 2.20 bits per heavy atom. The fourth-order valence-electron chi connectivity index (χ4n) is 1.47. The van der Waals surface area contributed by atoms with E-state index in [9.17, 15) is 4.79 Å². The first-order valence-electron chi connectivity index (χ1n) is 4.40. The predicted molar refractivity (Wildman–Crippen MR) is 59.6 cm³/mol. The molecule has 0 fully saturated rings. The van der Waals surface area contributed by atoms with Gasteiger partial charge >= 0.3 is 0 Å². The van der Waals surface area contributed by atoms with Gasteiger partial charge in [0.15, 0.2) is 5.15 Å². The summed E-state index contributed by atoms with van der Waals surface area (Å²) < 4.78 is 1.69. The van der Waals surface area contributed by atoms with Gasteiger partial charge in [-0.15, -0.1) is 0 Å². The van der Waals surface area contributed by atoms with Crippen molar-refractivity contribution < 1.29 is 4.79 Å². The van der Waals surface area contributed by atoms with Crippen LogP contribution in [0.15, 0.2) is 18.2 Å². The molecule has 2 aromatic rings. The summed E-state index contributed by atoms with van der Waals surface area (Å²) >= 11 is 11.9. The number of fused-ring (bicyclic) bond motifs is 1. The highest BCUT2D eigenvalue weighted by Gasteiger charge is 2.12. The smallest absolute Gasteiger partial charge is 0.155 e. The van der Waals surface area contributed by atoms with E-state index in [1.165, 1.54) is 6.92 Å². The van der Waals surface area contributed by atoms with Gasteiger partial charge in [0.2, 0.25) is 0 Å². The molecule has 2 aromatic heterocycles. The standard InChI is InChI=1S/C10H8Cl2N2O/c1-6(15)5-9-13-10(12)7-3-2-4-8(11)14(7)9/h2-4H,5H2,1H3. The first-order valence-corrected chi connectivity index (χ1v) is 5.16. The van der Waals surface area contributed by atoms with Crippen molar-refractivity contribution in [1.82, 2.24) is 9.38 Å². The fourth-order valence-corrected chi connectivity index (χ4v) is 1.97. The van der Waals surface area contributed by atoms with Gasteiger partial charge in [0, 0.05) is 0 Å². The van der Waals surface area contributed by atoms with Crippen LogP contribution in [0.1, 0.15) is 12.7 Å². The lowest BCUT2D eigenvalue weighted by atomic mass is 10.3. The van der Waals surface area contributed by atoms with Gasteiger partial charge in [-0.3, -0.25) is 9.20 Å². The highest BCUT2D eigenvalue weighted by molar-refractivity contribution is 6.33. The van der Waals surface area contributed by atoms with Gasteiger partial charge in [0.05, 0.1) is 11.9 Å². The van der Waals surface area contributed by atoms with E-state index in [4.69, 9.17) is 23.2 Å². The molecule has 5 heteroatoms. The number of ketones is 1. The molecule has 0 saturated heterocycles. The van der Waals surface area contributed by atoms with Crippen LogP contribution < -0.4 is 0 Å². The number of hydrogen-bond donors (Lipinski definition) is 0. The monoisotopic (exact) mass is 242 g/mol. The second-order valence-corrected chi connectivity index (χ2v) is 4.01.